The minimum absolute atomic E-state index is 0.00301. The highest BCUT2D eigenvalue weighted by atomic mass is 16.3. The number of allylic oxidation sites excluding steroid dienone is 18. The summed E-state index contributed by atoms with van der Waals surface area (Å²) in [6.45, 7) is 21.3. The Bertz CT molecular complexity index is 1340. The first-order chi connectivity index (χ1) is 19.6. The fourth-order valence-corrected chi connectivity index (χ4v) is 5.92. The topological polar surface area (TPSA) is 40.5 Å². The van der Waals surface area contributed by atoms with Crippen LogP contribution < -0.4 is 0 Å². The first-order valence-electron chi connectivity index (χ1n) is 15.3. The Morgan fingerprint density at radius 3 is 1.86 bits per heavy atom. The van der Waals surface area contributed by atoms with E-state index in [-0.39, 0.29) is 23.0 Å². The first-order valence-corrected chi connectivity index (χ1v) is 15.3. The summed E-state index contributed by atoms with van der Waals surface area (Å²) < 4.78 is 0. The number of rotatable bonds is 8. The summed E-state index contributed by atoms with van der Waals surface area (Å²) >= 11 is 0. The van der Waals surface area contributed by atoms with Crippen LogP contribution in [0.2, 0.25) is 0 Å². The van der Waals surface area contributed by atoms with E-state index in [9.17, 15) is 10.2 Å². The summed E-state index contributed by atoms with van der Waals surface area (Å²) in [4.78, 5) is 0. The molecule has 0 aliphatic heterocycles. The standard InChI is InChI=1S/C40H54O2/c1-29(17-14-18-31(3)21-23-37-33(5)25-35(41)27-39(37,7)8)15-12-11-13-16-30(2)19-20-32(4)22-24-38-34(6)26-36(42)28-40(38,9)10/h11-21,23,35-36,41-42H,25-28H2,1-10H3. The Hall–Kier alpha value is -3.12. The molecule has 2 heteroatoms. The van der Waals surface area contributed by atoms with Crippen molar-refractivity contribution in [2.45, 2.75) is 107 Å². The number of hydrogen-bond donors (Lipinski definition) is 2. The van der Waals surface area contributed by atoms with Crippen LogP contribution in [0.4, 0.5) is 0 Å². The van der Waals surface area contributed by atoms with Gasteiger partial charge in [0.25, 0.3) is 0 Å². The molecule has 0 amide bonds. The van der Waals surface area contributed by atoms with E-state index in [0.29, 0.717) is 0 Å². The average molecular weight is 567 g/mol. The lowest BCUT2D eigenvalue weighted by Gasteiger charge is -2.35. The maximum atomic E-state index is 10.1. The molecule has 0 saturated carbocycles. The van der Waals surface area contributed by atoms with E-state index in [0.717, 1.165) is 36.8 Å². The summed E-state index contributed by atoms with van der Waals surface area (Å²) in [6.07, 6.45) is 27.8. The van der Waals surface area contributed by atoms with Crippen molar-refractivity contribution in [3.05, 3.63) is 117 Å². The Kier molecular flexibility index (Phi) is 13.3. The van der Waals surface area contributed by atoms with E-state index in [1.165, 1.54) is 33.4 Å². The van der Waals surface area contributed by atoms with E-state index in [4.69, 9.17) is 0 Å². The van der Waals surface area contributed by atoms with Gasteiger partial charge in [0.2, 0.25) is 0 Å². The molecule has 0 bridgehead atoms. The van der Waals surface area contributed by atoms with Gasteiger partial charge < -0.3 is 10.2 Å². The van der Waals surface area contributed by atoms with Crippen LogP contribution in [-0.2, 0) is 0 Å². The highest BCUT2D eigenvalue weighted by Crippen LogP contribution is 2.41. The SMILES string of the molecule is CC(C#CC1=C(C)CC(O)CC1(C)C)=CC=C(C)C=CC=CC=C(C)C=CC=C(C)C=CC1=C(C)CC(O)CC1(C)C. The van der Waals surface area contributed by atoms with E-state index >= 15 is 0 Å². The summed E-state index contributed by atoms with van der Waals surface area (Å²) in [7, 11) is 0. The van der Waals surface area contributed by atoms with Gasteiger partial charge in [0.05, 0.1) is 12.2 Å². The van der Waals surface area contributed by atoms with Crippen molar-refractivity contribution in [3.8, 4) is 11.8 Å². The molecule has 2 nitrogen and oxygen atoms in total. The predicted octanol–water partition coefficient (Wildman–Crippen LogP) is 9.99. The van der Waals surface area contributed by atoms with Crippen molar-refractivity contribution < 1.29 is 10.2 Å². The third kappa shape index (κ3) is 11.6. The Morgan fingerprint density at radius 2 is 1.21 bits per heavy atom. The fourth-order valence-electron chi connectivity index (χ4n) is 5.92. The molecule has 0 saturated heterocycles. The maximum Gasteiger partial charge on any atom is 0.0586 e. The molecule has 2 rings (SSSR count). The largest absolute Gasteiger partial charge is 0.393 e. The van der Waals surface area contributed by atoms with Crippen LogP contribution in [0.3, 0.4) is 0 Å². The summed E-state index contributed by atoms with van der Waals surface area (Å²) in [5.74, 6) is 6.69. The van der Waals surface area contributed by atoms with Crippen molar-refractivity contribution >= 4 is 0 Å². The molecule has 2 N–H and O–H groups in total. The molecule has 2 aliphatic rings. The van der Waals surface area contributed by atoms with Crippen molar-refractivity contribution in [3.63, 3.8) is 0 Å². The molecular formula is C40H54O2. The zero-order valence-corrected chi connectivity index (χ0v) is 27.8. The van der Waals surface area contributed by atoms with Crippen molar-refractivity contribution in [1.29, 1.82) is 0 Å². The monoisotopic (exact) mass is 566 g/mol. The van der Waals surface area contributed by atoms with Crippen LogP contribution in [0.25, 0.3) is 0 Å². The van der Waals surface area contributed by atoms with Crippen LogP contribution in [0.1, 0.15) is 94.9 Å². The maximum absolute atomic E-state index is 10.1. The zero-order chi connectivity index (χ0) is 31.5. The highest BCUT2D eigenvalue weighted by molar-refractivity contribution is 5.45. The Morgan fingerprint density at radius 1 is 0.667 bits per heavy atom. The molecule has 0 aromatic carbocycles. The summed E-state index contributed by atoms with van der Waals surface area (Å²) in [6, 6.07) is 0. The third-order valence-corrected chi connectivity index (χ3v) is 8.02. The lowest BCUT2D eigenvalue weighted by molar-refractivity contribution is 0.116. The summed E-state index contributed by atoms with van der Waals surface area (Å²) in [5.41, 5.74) is 9.48. The minimum Gasteiger partial charge on any atom is -0.393 e. The molecule has 42 heavy (non-hydrogen) atoms. The second-order valence-corrected chi connectivity index (χ2v) is 13.5. The quantitative estimate of drug-likeness (QED) is 0.227. The van der Waals surface area contributed by atoms with Crippen LogP contribution in [0.5, 0.6) is 0 Å². The molecule has 2 atom stereocenters. The van der Waals surface area contributed by atoms with Gasteiger partial charge >= 0.3 is 0 Å². The molecule has 2 aliphatic carbocycles. The van der Waals surface area contributed by atoms with Crippen molar-refractivity contribution in [2.24, 2.45) is 10.8 Å². The Balaban J connectivity index is 1.92. The molecule has 2 unspecified atom stereocenters. The molecule has 0 spiro atoms. The normalized spacial score (nSPS) is 24.5. The van der Waals surface area contributed by atoms with Crippen molar-refractivity contribution in [1.82, 2.24) is 0 Å². The van der Waals surface area contributed by atoms with Gasteiger partial charge in [-0.05, 0) is 83.8 Å². The van der Waals surface area contributed by atoms with Gasteiger partial charge in [-0.3, -0.25) is 0 Å². The van der Waals surface area contributed by atoms with Gasteiger partial charge in [0, 0.05) is 11.0 Å². The number of aliphatic hydroxyl groups excluding tert-OH is 2. The van der Waals surface area contributed by atoms with E-state index < -0.39 is 0 Å². The van der Waals surface area contributed by atoms with Crippen LogP contribution in [0, 0.1) is 22.7 Å². The minimum atomic E-state index is -0.261. The van der Waals surface area contributed by atoms with E-state index in [1.54, 1.807) is 0 Å². The van der Waals surface area contributed by atoms with Crippen LogP contribution >= 0.6 is 0 Å². The van der Waals surface area contributed by atoms with Gasteiger partial charge in [-0.2, -0.15) is 0 Å². The number of hydrogen-bond acceptors (Lipinski definition) is 2. The van der Waals surface area contributed by atoms with Gasteiger partial charge in [0.15, 0.2) is 0 Å². The molecule has 0 fully saturated rings. The van der Waals surface area contributed by atoms with Crippen LogP contribution in [0.15, 0.2) is 117 Å². The molecule has 226 valence electrons. The second-order valence-electron chi connectivity index (χ2n) is 13.5. The molecular weight excluding hydrogens is 512 g/mol. The number of aliphatic hydroxyl groups is 2. The Labute approximate surface area is 257 Å². The van der Waals surface area contributed by atoms with Crippen molar-refractivity contribution in [2.75, 3.05) is 0 Å². The molecule has 0 radical (unpaired) electrons. The molecule has 0 heterocycles. The van der Waals surface area contributed by atoms with E-state index in [1.807, 2.05) is 13.0 Å². The van der Waals surface area contributed by atoms with Gasteiger partial charge in [-0.1, -0.05) is 140 Å². The predicted molar refractivity (Wildman–Crippen MR) is 183 cm³/mol. The smallest absolute Gasteiger partial charge is 0.0586 e. The van der Waals surface area contributed by atoms with E-state index in [2.05, 4.69) is 141 Å². The zero-order valence-electron chi connectivity index (χ0n) is 27.8. The highest BCUT2D eigenvalue weighted by Gasteiger charge is 2.32. The van der Waals surface area contributed by atoms with Gasteiger partial charge in [-0.15, -0.1) is 0 Å². The summed E-state index contributed by atoms with van der Waals surface area (Å²) in [5, 5.41) is 20.2. The lowest BCUT2D eigenvalue weighted by Crippen LogP contribution is -2.28. The molecule has 0 aromatic rings. The molecule has 0 aromatic heterocycles. The van der Waals surface area contributed by atoms with Crippen LogP contribution in [-0.4, -0.2) is 22.4 Å². The average Bonchev–Trinajstić information content (AvgIpc) is 2.85. The van der Waals surface area contributed by atoms with Gasteiger partial charge in [-0.25, -0.2) is 0 Å². The van der Waals surface area contributed by atoms with Gasteiger partial charge in [0.1, 0.15) is 0 Å². The second kappa shape index (κ2) is 15.9. The third-order valence-electron chi connectivity index (χ3n) is 8.02. The first kappa shape index (κ1) is 35.1. The fraction of sp³-hybridized carbons (Fsp3) is 0.450. The lowest BCUT2D eigenvalue weighted by atomic mass is 9.71.